The van der Waals surface area contributed by atoms with Gasteiger partial charge in [0, 0.05) is 26.4 Å². The van der Waals surface area contributed by atoms with Crippen LogP contribution in [-0.4, -0.2) is 74.8 Å². The van der Waals surface area contributed by atoms with E-state index in [1.54, 1.807) is 30.1 Å². The van der Waals surface area contributed by atoms with E-state index >= 15 is 0 Å². The van der Waals surface area contributed by atoms with Gasteiger partial charge in [0.15, 0.2) is 0 Å². The van der Waals surface area contributed by atoms with Crippen molar-refractivity contribution < 1.29 is 28.6 Å². The van der Waals surface area contributed by atoms with Crippen molar-refractivity contribution in [3.8, 4) is 5.75 Å². The SMILES string of the molecule is COCC(=O)Nc1ccc2c(c1)C(=O)N(C)[C@H]1CC[C@@H](CC(=O)NCCc3ccccc3)O[C@H]1CO2. The van der Waals surface area contributed by atoms with E-state index in [1.165, 1.54) is 12.7 Å². The maximum absolute atomic E-state index is 13.3. The average Bonchev–Trinajstić information content (AvgIpc) is 2.87. The monoisotopic (exact) mass is 495 g/mol. The zero-order valence-electron chi connectivity index (χ0n) is 20.7. The molecule has 0 radical (unpaired) electrons. The summed E-state index contributed by atoms with van der Waals surface area (Å²) >= 11 is 0. The van der Waals surface area contributed by atoms with Gasteiger partial charge in [-0.3, -0.25) is 14.4 Å². The number of carbonyl (C=O) groups excluding carboxylic acids is 3. The van der Waals surface area contributed by atoms with E-state index in [9.17, 15) is 14.4 Å². The minimum atomic E-state index is -0.343. The highest BCUT2D eigenvalue weighted by Crippen LogP contribution is 2.32. The first-order valence-corrected chi connectivity index (χ1v) is 12.2. The normalized spacial score (nSPS) is 21.3. The van der Waals surface area contributed by atoms with Crippen LogP contribution in [0.4, 0.5) is 5.69 Å². The minimum absolute atomic E-state index is 0.0426. The number of hydrogen-bond acceptors (Lipinski definition) is 6. The lowest BCUT2D eigenvalue weighted by atomic mass is 9.94. The van der Waals surface area contributed by atoms with Crippen molar-refractivity contribution in [1.82, 2.24) is 10.2 Å². The van der Waals surface area contributed by atoms with E-state index in [-0.39, 0.29) is 55.6 Å². The van der Waals surface area contributed by atoms with Crippen LogP contribution in [-0.2, 0) is 25.5 Å². The highest BCUT2D eigenvalue weighted by Gasteiger charge is 2.39. The lowest BCUT2D eigenvalue weighted by Crippen LogP contribution is -2.54. The van der Waals surface area contributed by atoms with Crippen LogP contribution >= 0.6 is 0 Å². The molecule has 36 heavy (non-hydrogen) atoms. The number of carbonyl (C=O) groups is 3. The Morgan fingerprint density at radius 1 is 1.11 bits per heavy atom. The molecule has 192 valence electrons. The number of hydrogen-bond donors (Lipinski definition) is 2. The molecule has 9 heteroatoms. The summed E-state index contributed by atoms with van der Waals surface area (Å²) in [6.07, 6.45) is 1.86. The molecule has 4 rings (SSSR count). The first-order chi connectivity index (χ1) is 17.4. The first kappa shape index (κ1) is 25.7. The molecule has 0 unspecified atom stereocenters. The number of methoxy groups -OCH3 is 1. The summed E-state index contributed by atoms with van der Waals surface area (Å²) in [5.74, 6) is -0.123. The van der Waals surface area contributed by atoms with Crippen molar-refractivity contribution in [3.05, 3.63) is 59.7 Å². The van der Waals surface area contributed by atoms with Crippen LogP contribution in [0.1, 0.15) is 35.2 Å². The highest BCUT2D eigenvalue weighted by molar-refractivity contribution is 6.00. The van der Waals surface area contributed by atoms with E-state index < -0.39 is 0 Å². The maximum Gasteiger partial charge on any atom is 0.257 e. The maximum atomic E-state index is 13.3. The van der Waals surface area contributed by atoms with Crippen LogP contribution < -0.4 is 15.4 Å². The third-order valence-corrected chi connectivity index (χ3v) is 6.56. The molecule has 0 bridgehead atoms. The molecule has 2 aromatic rings. The number of fused-ring (bicyclic) bond motifs is 2. The number of nitrogens with one attached hydrogen (secondary N) is 2. The second-order valence-corrected chi connectivity index (χ2v) is 9.15. The second kappa shape index (κ2) is 12.0. The van der Waals surface area contributed by atoms with E-state index in [0.717, 1.165) is 6.42 Å². The van der Waals surface area contributed by atoms with Gasteiger partial charge < -0.3 is 29.7 Å². The average molecular weight is 496 g/mol. The Bertz CT molecular complexity index is 1080. The van der Waals surface area contributed by atoms with Crippen LogP contribution in [0.5, 0.6) is 5.75 Å². The number of benzene rings is 2. The van der Waals surface area contributed by atoms with Crippen LogP contribution in [0.2, 0.25) is 0 Å². The van der Waals surface area contributed by atoms with E-state index in [1.807, 2.05) is 30.3 Å². The van der Waals surface area contributed by atoms with E-state index in [2.05, 4.69) is 10.6 Å². The van der Waals surface area contributed by atoms with Gasteiger partial charge >= 0.3 is 0 Å². The molecular formula is C27H33N3O6. The summed E-state index contributed by atoms with van der Waals surface area (Å²) < 4.78 is 17.1. The van der Waals surface area contributed by atoms with Crippen LogP contribution in [0.15, 0.2) is 48.5 Å². The molecule has 2 aromatic carbocycles. The van der Waals surface area contributed by atoms with E-state index in [4.69, 9.17) is 14.2 Å². The Labute approximate surface area is 211 Å². The third kappa shape index (κ3) is 6.41. The largest absolute Gasteiger partial charge is 0.490 e. The van der Waals surface area contributed by atoms with Gasteiger partial charge in [-0.25, -0.2) is 0 Å². The summed E-state index contributed by atoms with van der Waals surface area (Å²) in [4.78, 5) is 39.3. The van der Waals surface area contributed by atoms with Gasteiger partial charge in [-0.15, -0.1) is 0 Å². The van der Waals surface area contributed by atoms with E-state index in [0.29, 0.717) is 36.4 Å². The molecule has 0 spiro atoms. The summed E-state index contributed by atoms with van der Waals surface area (Å²) in [6, 6.07) is 14.8. The molecule has 0 aromatic heterocycles. The molecule has 3 amide bonds. The Morgan fingerprint density at radius 3 is 2.69 bits per heavy atom. The van der Waals surface area contributed by atoms with Gasteiger partial charge in [0.05, 0.1) is 24.1 Å². The highest BCUT2D eigenvalue weighted by atomic mass is 16.5. The lowest BCUT2D eigenvalue weighted by Gasteiger charge is -2.42. The van der Waals surface area contributed by atoms with Gasteiger partial charge in [0.25, 0.3) is 5.91 Å². The number of likely N-dealkylation sites (N-methyl/N-ethyl adjacent to an activating group) is 1. The van der Waals surface area contributed by atoms with Crippen LogP contribution in [0, 0.1) is 0 Å². The third-order valence-electron chi connectivity index (χ3n) is 6.56. The zero-order chi connectivity index (χ0) is 25.5. The van der Waals surface area contributed by atoms with Gasteiger partial charge in [-0.2, -0.15) is 0 Å². The van der Waals surface area contributed by atoms with Gasteiger partial charge in [0.1, 0.15) is 25.1 Å². The summed E-state index contributed by atoms with van der Waals surface area (Å²) in [5.41, 5.74) is 2.06. The Hall–Kier alpha value is -3.43. The Balaban J connectivity index is 1.34. The number of ether oxygens (including phenoxy) is 3. The van der Waals surface area contributed by atoms with Crippen molar-refractivity contribution in [2.45, 2.75) is 43.9 Å². The Morgan fingerprint density at radius 2 is 1.92 bits per heavy atom. The number of nitrogens with zero attached hydrogens (tertiary/aromatic N) is 1. The Kier molecular flexibility index (Phi) is 8.56. The minimum Gasteiger partial charge on any atom is -0.490 e. The van der Waals surface area contributed by atoms with Crippen molar-refractivity contribution in [1.29, 1.82) is 0 Å². The van der Waals surface area contributed by atoms with Crippen LogP contribution in [0.3, 0.4) is 0 Å². The quantitative estimate of drug-likeness (QED) is 0.583. The standard InChI is InChI=1S/C27H33N3O6/c1-30-22-10-9-20(15-25(31)28-13-12-18-6-4-3-5-7-18)36-24(22)16-35-23-11-8-19(14-21(23)27(30)33)29-26(32)17-34-2/h3-8,11,14,20,22,24H,9-10,12-13,15-17H2,1-2H3,(H,28,31)(H,29,32)/t20-,22-,24-/m0/s1. The molecule has 2 heterocycles. The molecule has 0 aliphatic carbocycles. The van der Waals surface area contributed by atoms with Crippen molar-refractivity contribution in [2.75, 3.05) is 39.2 Å². The lowest BCUT2D eigenvalue weighted by molar-refractivity contribution is -0.134. The topological polar surface area (TPSA) is 106 Å². The van der Waals surface area contributed by atoms with Gasteiger partial charge in [-0.05, 0) is 43.0 Å². The molecule has 2 aliphatic heterocycles. The predicted octanol–water partition coefficient (Wildman–Crippen LogP) is 2.40. The summed E-state index contributed by atoms with van der Waals surface area (Å²) in [5, 5.41) is 5.69. The fourth-order valence-corrected chi connectivity index (χ4v) is 4.70. The van der Waals surface area contributed by atoms with Crippen molar-refractivity contribution in [3.63, 3.8) is 0 Å². The molecule has 1 fully saturated rings. The van der Waals surface area contributed by atoms with Crippen molar-refractivity contribution in [2.24, 2.45) is 0 Å². The number of anilines is 1. The molecule has 0 saturated carbocycles. The number of rotatable bonds is 8. The number of amides is 3. The van der Waals surface area contributed by atoms with Crippen LogP contribution in [0.25, 0.3) is 0 Å². The van der Waals surface area contributed by atoms with Gasteiger partial charge in [-0.1, -0.05) is 30.3 Å². The smallest absolute Gasteiger partial charge is 0.257 e. The summed E-state index contributed by atoms with van der Waals surface area (Å²) in [7, 11) is 3.20. The van der Waals surface area contributed by atoms with Crippen molar-refractivity contribution >= 4 is 23.4 Å². The molecular weight excluding hydrogens is 462 g/mol. The molecule has 1 saturated heterocycles. The summed E-state index contributed by atoms with van der Waals surface area (Å²) in [6.45, 7) is 0.762. The fourth-order valence-electron chi connectivity index (χ4n) is 4.70. The predicted molar refractivity (Wildman–Crippen MR) is 134 cm³/mol. The second-order valence-electron chi connectivity index (χ2n) is 9.15. The molecule has 2 aliphatic rings. The molecule has 3 atom stereocenters. The fraction of sp³-hybridized carbons (Fsp3) is 0.444. The first-order valence-electron chi connectivity index (χ1n) is 12.2. The molecule has 2 N–H and O–H groups in total. The van der Waals surface area contributed by atoms with Gasteiger partial charge in [0.2, 0.25) is 11.8 Å². The molecule has 9 nitrogen and oxygen atoms in total. The zero-order valence-corrected chi connectivity index (χ0v) is 20.7.